The molecule has 2 aromatic carbocycles. The Bertz CT molecular complexity index is 1180. The van der Waals surface area contributed by atoms with Crippen molar-refractivity contribution in [2.45, 2.75) is 33.2 Å². The molecule has 0 saturated carbocycles. The van der Waals surface area contributed by atoms with E-state index in [4.69, 9.17) is 21.1 Å². The number of carbonyl (C=O) groups is 1. The van der Waals surface area contributed by atoms with E-state index in [2.05, 4.69) is 10.4 Å². The van der Waals surface area contributed by atoms with Gasteiger partial charge in [-0.1, -0.05) is 11.6 Å². The predicted molar refractivity (Wildman–Crippen MR) is 121 cm³/mol. The summed E-state index contributed by atoms with van der Waals surface area (Å²) in [6, 6.07) is 10.4. The van der Waals surface area contributed by atoms with E-state index in [-0.39, 0.29) is 39.4 Å². The number of nitro benzene ring substituents is 1. The summed E-state index contributed by atoms with van der Waals surface area (Å²) < 4.78 is 12.8. The second-order valence-corrected chi connectivity index (χ2v) is 8.48. The third-order valence-electron chi connectivity index (χ3n) is 4.47. The molecule has 1 N–H and O–H groups in total. The van der Waals surface area contributed by atoms with Crippen molar-refractivity contribution >= 4 is 29.0 Å². The van der Waals surface area contributed by atoms with Gasteiger partial charge in [0.05, 0.1) is 23.3 Å². The first-order valence-electron chi connectivity index (χ1n) is 9.68. The molecule has 32 heavy (non-hydrogen) atoms. The Morgan fingerprint density at radius 1 is 1.12 bits per heavy atom. The van der Waals surface area contributed by atoms with E-state index in [9.17, 15) is 14.9 Å². The molecule has 3 aromatic rings. The number of amides is 1. The van der Waals surface area contributed by atoms with Gasteiger partial charge in [0.25, 0.3) is 5.91 Å². The third-order valence-corrected chi connectivity index (χ3v) is 4.71. The zero-order valence-electron chi connectivity index (χ0n) is 18.3. The number of aromatic nitrogens is 2. The molecular formula is C22H23ClN4O5. The second-order valence-electron chi connectivity index (χ2n) is 8.04. The maximum absolute atomic E-state index is 12.9. The zero-order chi connectivity index (χ0) is 23.6. The number of nitrogens with one attached hydrogen (secondary N) is 1. The Morgan fingerprint density at radius 3 is 2.44 bits per heavy atom. The number of nitrogens with zero attached hydrogens (tertiary/aromatic N) is 3. The number of nitro groups is 1. The number of ether oxygens (including phenoxy) is 2. The summed E-state index contributed by atoms with van der Waals surface area (Å²) in [5.41, 5.74) is 0.493. The molecule has 0 atom stereocenters. The van der Waals surface area contributed by atoms with Crippen molar-refractivity contribution in [2.24, 2.45) is 0 Å². The lowest BCUT2D eigenvalue weighted by atomic mass is 10.1. The first-order valence-corrected chi connectivity index (χ1v) is 10.1. The highest BCUT2D eigenvalue weighted by Gasteiger charge is 2.22. The summed E-state index contributed by atoms with van der Waals surface area (Å²) in [5.74, 6) is 0.653. The number of benzene rings is 2. The van der Waals surface area contributed by atoms with Gasteiger partial charge in [-0.05, 0) is 58.0 Å². The fourth-order valence-electron chi connectivity index (χ4n) is 3.02. The van der Waals surface area contributed by atoms with E-state index in [1.54, 1.807) is 16.8 Å². The Hall–Kier alpha value is -3.59. The van der Waals surface area contributed by atoms with Crippen LogP contribution in [0.4, 0.5) is 11.5 Å². The summed E-state index contributed by atoms with van der Waals surface area (Å²) in [4.78, 5) is 23.6. The first kappa shape index (κ1) is 23.1. The van der Waals surface area contributed by atoms with Crippen LogP contribution in [-0.4, -0.2) is 27.7 Å². The molecule has 1 heterocycles. The van der Waals surface area contributed by atoms with Gasteiger partial charge in [-0.2, -0.15) is 5.10 Å². The topological polar surface area (TPSA) is 109 Å². The van der Waals surface area contributed by atoms with Gasteiger partial charge in [0.15, 0.2) is 11.5 Å². The van der Waals surface area contributed by atoms with E-state index in [0.29, 0.717) is 11.4 Å². The monoisotopic (exact) mass is 458 g/mol. The van der Waals surface area contributed by atoms with Crippen LogP contribution in [0.15, 0.2) is 42.5 Å². The smallest absolute Gasteiger partial charge is 0.313 e. The van der Waals surface area contributed by atoms with Crippen LogP contribution < -0.4 is 14.8 Å². The molecule has 0 aliphatic heterocycles. The molecule has 0 spiro atoms. The van der Waals surface area contributed by atoms with E-state index < -0.39 is 4.92 Å². The quantitative estimate of drug-likeness (QED) is 0.382. The lowest BCUT2D eigenvalue weighted by Gasteiger charge is -2.22. The summed E-state index contributed by atoms with van der Waals surface area (Å²) >= 11 is 5.85. The molecule has 3 rings (SSSR count). The van der Waals surface area contributed by atoms with Crippen LogP contribution in [0, 0.1) is 17.0 Å². The summed E-state index contributed by atoms with van der Waals surface area (Å²) in [6.45, 7) is 7.81. The highest BCUT2D eigenvalue weighted by molar-refractivity contribution is 6.30. The van der Waals surface area contributed by atoms with Crippen LogP contribution in [0.3, 0.4) is 0 Å². The number of hydrogen-bond donors (Lipinski definition) is 1. The lowest BCUT2D eigenvalue weighted by Crippen LogP contribution is -2.26. The van der Waals surface area contributed by atoms with E-state index in [1.165, 1.54) is 37.4 Å². The van der Waals surface area contributed by atoms with Gasteiger partial charge in [0, 0.05) is 22.7 Å². The molecule has 0 aliphatic carbocycles. The summed E-state index contributed by atoms with van der Waals surface area (Å²) in [7, 11) is 1.41. The molecule has 9 nitrogen and oxygen atoms in total. The minimum Gasteiger partial charge on any atom is -0.493 e. The molecule has 0 unspecified atom stereocenters. The van der Waals surface area contributed by atoms with Crippen molar-refractivity contribution in [3.63, 3.8) is 0 Å². The van der Waals surface area contributed by atoms with E-state index >= 15 is 0 Å². The lowest BCUT2D eigenvalue weighted by molar-refractivity contribution is -0.385. The number of halogens is 1. The average molecular weight is 459 g/mol. The van der Waals surface area contributed by atoms with Gasteiger partial charge < -0.3 is 14.8 Å². The van der Waals surface area contributed by atoms with Crippen LogP contribution in [0.5, 0.6) is 17.2 Å². The van der Waals surface area contributed by atoms with E-state index in [1.807, 2.05) is 27.7 Å². The van der Waals surface area contributed by atoms with Crippen molar-refractivity contribution in [3.8, 4) is 17.2 Å². The normalized spacial score (nSPS) is 11.2. The predicted octanol–water partition coefficient (Wildman–Crippen LogP) is 5.56. The highest BCUT2D eigenvalue weighted by atomic mass is 35.5. The highest BCUT2D eigenvalue weighted by Crippen LogP contribution is 2.38. The van der Waals surface area contributed by atoms with E-state index in [0.717, 1.165) is 5.69 Å². The van der Waals surface area contributed by atoms with Crippen LogP contribution in [0.2, 0.25) is 5.02 Å². The van der Waals surface area contributed by atoms with Crippen molar-refractivity contribution < 1.29 is 19.2 Å². The third kappa shape index (κ3) is 5.00. The number of methoxy groups -OCH3 is 1. The maximum atomic E-state index is 12.9. The molecule has 0 radical (unpaired) electrons. The van der Waals surface area contributed by atoms with Gasteiger partial charge in [-0.15, -0.1) is 0 Å². The average Bonchev–Trinajstić information content (AvgIpc) is 3.09. The maximum Gasteiger partial charge on any atom is 0.313 e. The van der Waals surface area contributed by atoms with Crippen LogP contribution in [0.1, 0.15) is 36.8 Å². The molecule has 1 aromatic heterocycles. The number of carbonyl (C=O) groups excluding carboxylic acids is 1. The Kier molecular flexibility index (Phi) is 6.40. The number of rotatable bonds is 6. The molecular weight excluding hydrogens is 436 g/mol. The fraction of sp³-hybridized carbons (Fsp3) is 0.273. The van der Waals surface area contributed by atoms with Gasteiger partial charge in [-0.25, -0.2) is 4.68 Å². The number of hydrogen-bond acceptors (Lipinski definition) is 6. The standard InChI is InChI=1S/C22H23ClN4O5/c1-13-10-20(26(25-13)22(2,3)4)24-21(28)14-6-8-18(19(11-14)31-5)32-17-9-7-15(23)12-16(17)27(29)30/h6-12H,1-5H3,(H,24,28). The Morgan fingerprint density at radius 2 is 1.81 bits per heavy atom. The SMILES string of the molecule is COc1cc(C(=O)Nc2cc(C)nn2C(C)(C)C)ccc1Oc1ccc(Cl)cc1[N+](=O)[O-]. The minimum absolute atomic E-state index is 0.000504. The largest absolute Gasteiger partial charge is 0.493 e. The van der Waals surface area contributed by atoms with Crippen molar-refractivity contribution in [3.05, 3.63) is 68.9 Å². The number of anilines is 1. The summed E-state index contributed by atoms with van der Waals surface area (Å²) in [5, 5.41) is 18.8. The van der Waals surface area contributed by atoms with Crippen LogP contribution in [-0.2, 0) is 5.54 Å². The van der Waals surface area contributed by atoms with Crippen LogP contribution >= 0.6 is 11.6 Å². The molecule has 168 valence electrons. The number of aryl methyl sites for hydroxylation is 1. The fourth-order valence-corrected chi connectivity index (χ4v) is 3.19. The Balaban J connectivity index is 1.88. The second kappa shape index (κ2) is 8.88. The van der Waals surface area contributed by atoms with Gasteiger partial charge >= 0.3 is 5.69 Å². The zero-order valence-corrected chi connectivity index (χ0v) is 19.1. The van der Waals surface area contributed by atoms with Crippen LogP contribution in [0.25, 0.3) is 0 Å². The minimum atomic E-state index is -0.587. The molecule has 0 fully saturated rings. The molecule has 10 heteroatoms. The van der Waals surface area contributed by atoms with Crippen molar-refractivity contribution in [1.29, 1.82) is 0 Å². The molecule has 1 amide bonds. The van der Waals surface area contributed by atoms with Gasteiger partial charge in [0.2, 0.25) is 5.75 Å². The molecule has 0 saturated heterocycles. The van der Waals surface area contributed by atoms with Crippen molar-refractivity contribution in [1.82, 2.24) is 9.78 Å². The van der Waals surface area contributed by atoms with Crippen molar-refractivity contribution in [2.75, 3.05) is 12.4 Å². The first-order chi connectivity index (χ1) is 15.0. The summed E-state index contributed by atoms with van der Waals surface area (Å²) in [6.07, 6.45) is 0. The van der Waals surface area contributed by atoms with Gasteiger partial charge in [-0.3, -0.25) is 14.9 Å². The Labute approximate surface area is 190 Å². The molecule has 0 bridgehead atoms. The van der Waals surface area contributed by atoms with Gasteiger partial charge in [0.1, 0.15) is 5.82 Å². The molecule has 0 aliphatic rings.